The van der Waals surface area contributed by atoms with Crippen molar-refractivity contribution in [2.45, 2.75) is 51.9 Å². The molecule has 1 aromatic carbocycles. The molecule has 5 nitrogen and oxygen atoms in total. The average Bonchev–Trinajstić information content (AvgIpc) is 3.04. The maximum atomic E-state index is 12.6. The van der Waals surface area contributed by atoms with Crippen LogP contribution in [0, 0.1) is 0 Å². The van der Waals surface area contributed by atoms with E-state index in [-0.39, 0.29) is 18.6 Å². The second-order valence-corrected chi connectivity index (χ2v) is 5.97. The normalized spacial score (nSPS) is 20.1. The Bertz CT molecular complexity index is 545. The quantitative estimate of drug-likeness (QED) is 0.756. The van der Waals surface area contributed by atoms with Gasteiger partial charge in [0.1, 0.15) is 0 Å². The van der Waals surface area contributed by atoms with Crippen LogP contribution in [0.2, 0.25) is 0 Å². The van der Waals surface area contributed by atoms with Crippen LogP contribution < -0.4 is 0 Å². The number of amides is 1. The Balaban J connectivity index is 2.21. The first-order chi connectivity index (χ1) is 11.0. The van der Waals surface area contributed by atoms with Crippen LogP contribution in [-0.2, 0) is 25.7 Å². The van der Waals surface area contributed by atoms with Gasteiger partial charge in [0.05, 0.1) is 19.3 Å². The molecule has 1 aromatic rings. The third-order valence-electron chi connectivity index (χ3n) is 4.36. The molecule has 1 fully saturated rings. The van der Waals surface area contributed by atoms with E-state index in [2.05, 4.69) is 0 Å². The predicted octanol–water partition coefficient (Wildman–Crippen LogP) is 2.54. The molecule has 1 aliphatic rings. The van der Waals surface area contributed by atoms with Crippen LogP contribution in [0.1, 0.15) is 39.2 Å². The summed E-state index contributed by atoms with van der Waals surface area (Å²) in [7, 11) is 0. The van der Waals surface area contributed by atoms with Crippen molar-refractivity contribution in [2.24, 2.45) is 0 Å². The molecule has 0 N–H and O–H groups in total. The second-order valence-electron chi connectivity index (χ2n) is 5.97. The fourth-order valence-electron chi connectivity index (χ4n) is 3.09. The van der Waals surface area contributed by atoms with Gasteiger partial charge in [-0.3, -0.25) is 4.79 Å². The molecule has 1 heterocycles. The van der Waals surface area contributed by atoms with Crippen LogP contribution in [0.25, 0.3) is 0 Å². The highest BCUT2D eigenvalue weighted by molar-refractivity contribution is 5.82. The fraction of sp³-hybridized carbons (Fsp3) is 0.556. The molecule has 126 valence electrons. The van der Waals surface area contributed by atoms with Crippen LogP contribution in [0.3, 0.4) is 0 Å². The number of carbonyl (C=O) groups excluding carboxylic acids is 2. The van der Waals surface area contributed by atoms with Gasteiger partial charge in [-0.2, -0.15) is 0 Å². The van der Waals surface area contributed by atoms with E-state index in [1.807, 2.05) is 30.3 Å². The topological polar surface area (TPSA) is 55.8 Å². The van der Waals surface area contributed by atoms with Gasteiger partial charge in [0.25, 0.3) is 0 Å². The Morgan fingerprint density at radius 3 is 2.61 bits per heavy atom. The number of likely N-dealkylation sites (tertiary alicyclic amines) is 1. The van der Waals surface area contributed by atoms with E-state index in [4.69, 9.17) is 9.47 Å². The standard InChI is InChI=1S/C18H25NO4/c1-4-22-17(21)18(3,16-11-8-12-19(16)14(2)20)23-13-15-9-6-5-7-10-15/h5-7,9-10,16H,4,8,11-13H2,1-3H3/t16-,18+/m0/s1. The lowest BCUT2D eigenvalue weighted by Gasteiger charge is -2.37. The van der Waals surface area contributed by atoms with Crippen molar-refractivity contribution in [3.05, 3.63) is 35.9 Å². The van der Waals surface area contributed by atoms with Crippen LogP contribution in [0.4, 0.5) is 0 Å². The first-order valence-corrected chi connectivity index (χ1v) is 8.11. The number of ether oxygens (including phenoxy) is 2. The summed E-state index contributed by atoms with van der Waals surface area (Å²) in [5.41, 5.74) is -0.177. The van der Waals surface area contributed by atoms with Crippen molar-refractivity contribution in [3.63, 3.8) is 0 Å². The van der Waals surface area contributed by atoms with E-state index < -0.39 is 11.6 Å². The third-order valence-corrected chi connectivity index (χ3v) is 4.36. The molecule has 0 radical (unpaired) electrons. The summed E-state index contributed by atoms with van der Waals surface area (Å²) in [6.45, 7) is 6.28. The van der Waals surface area contributed by atoms with E-state index in [1.54, 1.807) is 18.7 Å². The molecule has 1 saturated heterocycles. The molecular formula is C18H25NO4. The van der Waals surface area contributed by atoms with Crippen LogP contribution in [0.5, 0.6) is 0 Å². The minimum absolute atomic E-state index is 0.0358. The lowest BCUT2D eigenvalue weighted by Crippen LogP contribution is -2.56. The second kappa shape index (κ2) is 7.59. The number of carbonyl (C=O) groups is 2. The lowest BCUT2D eigenvalue weighted by molar-refractivity contribution is -0.181. The Kier molecular flexibility index (Phi) is 5.77. The van der Waals surface area contributed by atoms with Gasteiger partial charge >= 0.3 is 5.97 Å². The minimum Gasteiger partial charge on any atom is -0.464 e. The number of rotatable bonds is 6. The highest BCUT2D eigenvalue weighted by Gasteiger charge is 2.49. The van der Waals surface area contributed by atoms with Gasteiger partial charge in [-0.05, 0) is 32.3 Å². The summed E-state index contributed by atoms with van der Waals surface area (Å²) in [6, 6.07) is 9.40. The molecule has 0 bridgehead atoms. The summed E-state index contributed by atoms with van der Waals surface area (Å²) < 4.78 is 11.3. The largest absolute Gasteiger partial charge is 0.464 e. The zero-order chi connectivity index (χ0) is 16.9. The van der Waals surface area contributed by atoms with Gasteiger partial charge in [0, 0.05) is 13.5 Å². The fourth-order valence-corrected chi connectivity index (χ4v) is 3.09. The molecule has 0 spiro atoms. The summed E-state index contributed by atoms with van der Waals surface area (Å²) in [4.78, 5) is 26.2. The zero-order valence-corrected chi connectivity index (χ0v) is 14.1. The molecule has 5 heteroatoms. The van der Waals surface area contributed by atoms with Gasteiger partial charge in [0.15, 0.2) is 5.60 Å². The van der Waals surface area contributed by atoms with Crippen molar-refractivity contribution in [1.29, 1.82) is 0 Å². The first kappa shape index (κ1) is 17.5. The van der Waals surface area contributed by atoms with Crippen molar-refractivity contribution < 1.29 is 19.1 Å². The Morgan fingerprint density at radius 1 is 1.30 bits per heavy atom. The molecular weight excluding hydrogens is 294 g/mol. The molecule has 0 saturated carbocycles. The average molecular weight is 319 g/mol. The van der Waals surface area contributed by atoms with Gasteiger partial charge in [-0.15, -0.1) is 0 Å². The molecule has 1 aliphatic heterocycles. The summed E-state index contributed by atoms with van der Waals surface area (Å²) in [5.74, 6) is -0.444. The number of nitrogens with zero attached hydrogens (tertiary/aromatic N) is 1. The van der Waals surface area contributed by atoms with Gasteiger partial charge in [-0.1, -0.05) is 30.3 Å². The Labute approximate surface area is 137 Å². The lowest BCUT2D eigenvalue weighted by atomic mass is 9.93. The maximum absolute atomic E-state index is 12.6. The number of hydrogen-bond donors (Lipinski definition) is 0. The number of esters is 1. The minimum atomic E-state index is -1.16. The number of benzene rings is 1. The highest BCUT2D eigenvalue weighted by Crippen LogP contribution is 2.32. The van der Waals surface area contributed by atoms with E-state index >= 15 is 0 Å². The van der Waals surface area contributed by atoms with Crippen molar-refractivity contribution in [3.8, 4) is 0 Å². The van der Waals surface area contributed by atoms with E-state index in [1.165, 1.54) is 6.92 Å². The van der Waals surface area contributed by atoms with Crippen molar-refractivity contribution in [2.75, 3.05) is 13.2 Å². The predicted molar refractivity (Wildman–Crippen MR) is 86.7 cm³/mol. The summed E-state index contributed by atoms with van der Waals surface area (Å²) in [6.07, 6.45) is 1.61. The highest BCUT2D eigenvalue weighted by atomic mass is 16.6. The molecule has 23 heavy (non-hydrogen) atoms. The SMILES string of the molecule is CCOC(=O)[C@](C)(OCc1ccccc1)[C@@H]1CCCN1C(C)=O. The smallest absolute Gasteiger partial charge is 0.340 e. The summed E-state index contributed by atoms with van der Waals surface area (Å²) in [5, 5.41) is 0. The van der Waals surface area contributed by atoms with Crippen LogP contribution in [-0.4, -0.2) is 41.6 Å². The van der Waals surface area contributed by atoms with Crippen molar-refractivity contribution in [1.82, 2.24) is 4.90 Å². The third kappa shape index (κ3) is 3.91. The molecule has 2 atom stereocenters. The monoisotopic (exact) mass is 319 g/mol. The molecule has 1 amide bonds. The molecule has 0 unspecified atom stereocenters. The van der Waals surface area contributed by atoms with E-state index in [9.17, 15) is 9.59 Å². The first-order valence-electron chi connectivity index (χ1n) is 8.11. The Morgan fingerprint density at radius 2 is 2.00 bits per heavy atom. The molecule has 2 rings (SSSR count). The zero-order valence-electron chi connectivity index (χ0n) is 14.1. The van der Waals surface area contributed by atoms with Crippen LogP contribution in [0.15, 0.2) is 30.3 Å². The van der Waals surface area contributed by atoms with Gasteiger partial charge in [0.2, 0.25) is 5.91 Å². The molecule has 0 aromatic heterocycles. The Hall–Kier alpha value is -1.88. The number of hydrogen-bond acceptors (Lipinski definition) is 4. The maximum Gasteiger partial charge on any atom is 0.340 e. The van der Waals surface area contributed by atoms with Crippen molar-refractivity contribution >= 4 is 11.9 Å². The van der Waals surface area contributed by atoms with E-state index in [0.717, 1.165) is 18.4 Å². The molecule has 0 aliphatic carbocycles. The van der Waals surface area contributed by atoms with Crippen LogP contribution >= 0.6 is 0 Å². The van der Waals surface area contributed by atoms with E-state index in [0.29, 0.717) is 13.2 Å². The summed E-state index contributed by atoms with van der Waals surface area (Å²) >= 11 is 0. The van der Waals surface area contributed by atoms with Gasteiger partial charge in [-0.25, -0.2) is 4.79 Å². The van der Waals surface area contributed by atoms with Gasteiger partial charge < -0.3 is 14.4 Å².